The first kappa shape index (κ1) is 23.9. The van der Waals surface area contributed by atoms with Gasteiger partial charge in [-0.3, -0.25) is 4.79 Å². The van der Waals surface area contributed by atoms with Crippen molar-refractivity contribution in [1.29, 1.82) is 0 Å². The Morgan fingerprint density at radius 3 is 2.34 bits per heavy atom. The van der Waals surface area contributed by atoms with E-state index in [1.807, 2.05) is 0 Å². The van der Waals surface area contributed by atoms with Crippen LogP contribution >= 0.6 is 0 Å². The first-order valence-corrected chi connectivity index (χ1v) is 9.23. The molecule has 0 unspecified atom stereocenters. The number of hydrogen-bond acceptors (Lipinski definition) is 10. The van der Waals surface area contributed by atoms with Gasteiger partial charge in [-0.2, -0.15) is 0 Å². The standard InChI is InChI=1S/C18H31NO10/c1-10(20)19-14-13(12(21)11-7-27-16(2,3)28-11)29-18(26-6,15(22)25-5)8-17(14,23)9-24-4/h11-14,21,23H,7-9H2,1-6H3,(H,19,20)/t11-,12-,13+,14+,17+,18+/m1/s1. The van der Waals surface area contributed by atoms with E-state index in [0.29, 0.717) is 0 Å². The Labute approximate surface area is 169 Å². The number of aliphatic hydroxyl groups is 2. The number of methoxy groups -OCH3 is 3. The summed E-state index contributed by atoms with van der Waals surface area (Å²) in [6.45, 7) is 4.39. The number of hydrogen-bond donors (Lipinski definition) is 3. The molecule has 0 radical (unpaired) electrons. The Morgan fingerprint density at radius 2 is 1.90 bits per heavy atom. The normalized spacial score (nSPS) is 37.7. The Morgan fingerprint density at radius 1 is 1.24 bits per heavy atom. The van der Waals surface area contributed by atoms with Gasteiger partial charge in [0.15, 0.2) is 5.79 Å². The van der Waals surface area contributed by atoms with Crippen LogP contribution in [0, 0.1) is 0 Å². The highest BCUT2D eigenvalue weighted by molar-refractivity contribution is 5.78. The zero-order valence-electron chi connectivity index (χ0n) is 17.6. The van der Waals surface area contributed by atoms with E-state index >= 15 is 0 Å². The summed E-state index contributed by atoms with van der Waals surface area (Å²) in [5.41, 5.74) is -1.83. The van der Waals surface area contributed by atoms with Crippen LogP contribution < -0.4 is 5.32 Å². The molecule has 1 amide bonds. The number of carbonyl (C=O) groups is 2. The SMILES string of the molecule is COC[C@@]1(O)C[C@@](OC)(C(=O)OC)O[C@@H]([C@H](O)[C@H]2COC(C)(C)O2)[C@@H]1NC(C)=O. The van der Waals surface area contributed by atoms with Gasteiger partial charge in [0, 0.05) is 27.6 Å². The average molecular weight is 421 g/mol. The van der Waals surface area contributed by atoms with E-state index in [1.165, 1.54) is 21.1 Å². The van der Waals surface area contributed by atoms with E-state index in [2.05, 4.69) is 5.32 Å². The van der Waals surface area contributed by atoms with Gasteiger partial charge in [-0.1, -0.05) is 0 Å². The van der Waals surface area contributed by atoms with Gasteiger partial charge in [0.1, 0.15) is 23.9 Å². The molecular weight excluding hydrogens is 390 g/mol. The lowest BCUT2D eigenvalue weighted by Gasteiger charge is -2.51. The Bertz CT molecular complexity index is 613. The Balaban J connectivity index is 2.48. The molecule has 2 saturated heterocycles. The van der Waals surface area contributed by atoms with Crippen LogP contribution in [0.2, 0.25) is 0 Å². The summed E-state index contributed by atoms with van der Waals surface area (Å²) in [6, 6.07) is -1.14. The Kier molecular flexibility index (Phi) is 7.26. The molecule has 2 aliphatic heterocycles. The van der Waals surface area contributed by atoms with E-state index in [4.69, 9.17) is 28.4 Å². The second-order valence-corrected chi connectivity index (χ2v) is 7.78. The van der Waals surface area contributed by atoms with Crippen LogP contribution in [0.3, 0.4) is 0 Å². The number of esters is 1. The van der Waals surface area contributed by atoms with Gasteiger partial charge in [0.2, 0.25) is 5.91 Å². The largest absolute Gasteiger partial charge is 0.465 e. The van der Waals surface area contributed by atoms with Gasteiger partial charge in [0.25, 0.3) is 5.79 Å². The summed E-state index contributed by atoms with van der Waals surface area (Å²) < 4.78 is 32.3. The molecule has 11 heteroatoms. The van der Waals surface area contributed by atoms with Gasteiger partial charge in [0.05, 0.1) is 26.4 Å². The lowest BCUT2D eigenvalue weighted by Crippen LogP contribution is -2.73. The molecule has 29 heavy (non-hydrogen) atoms. The highest BCUT2D eigenvalue weighted by atomic mass is 16.8. The predicted molar refractivity (Wildman–Crippen MR) is 96.6 cm³/mol. The highest BCUT2D eigenvalue weighted by Crippen LogP contribution is 2.40. The van der Waals surface area contributed by atoms with Crippen LogP contribution in [0.25, 0.3) is 0 Å². The molecule has 0 spiro atoms. The van der Waals surface area contributed by atoms with Gasteiger partial charge >= 0.3 is 5.97 Å². The van der Waals surface area contributed by atoms with Gasteiger partial charge in [-0.25, -0.2) is 4.79 Å². The molecule has 0 aromatic rings. The lowest BCUT2D eigenvalue weighted by atomic mass is 9.78. The van der Waals surface area contributed by atoms with Gasteiger partial charge in [-0.05, 0) is 13.8 Å². The van der Waals surface area contributed by atoms with Crippen LogP contribution in [-0.2, 0) is 38.0 Å². The van der Waals surface area contributed by atoms with Crippen LogP contribution in [0.15, 0.2) is 0 Å². The zero-order valence-corrected chi connectivity index (χ0v) is 17.6. The summed E-state index contributed by atoms with van der Waals surface area (Å²) in [6.07, 6.45) is -3.95. The quantitative estimate of drug-likeness (QED) is 0.424. The number of aliphatic hydroxyl groups excluding tert-OH is 1. The predicted octanol–water partition coefficient (Wildman–Crippen LogP) is -1.31. The topological polar surface area (TPSA) is 142 Å². The Hall–Kier alpha value is -1.34. The molecule has 6 atom stereocenters. The number of amides is 1. The molecule has 3 N–H and O–H groups in total. The van der Waals surface area contributed by atoms with E-state index in [9.17, 15) is 19.8 Å². The molecule has 0 saturated carbocycles. The fraction of sp³-hybridized carbons (Fsp3) is 0.889. The molecule has 2 rings (SSSR count). The van der Waals surface area contributed by atoms with Crippen LogP contribution in [0.1, 0.15) is 27.2 Å². The maximum Gasteiger partial charge on any atom is 0.366 e. The number of nitrogens with one attached hydrogen (secondary N) is 1. The van der Waals surface area contributed by atoms with Crippen LogP contribution in [0.5, 0.6) is 0 Å². The second kappa shape index (κ2) is 8.80. The molecule has 0 aromatic heterocycles. The summed E-state index contributed by atoms with van der Waals surface area (Å²) in [7, 11) is 3.71. The van der Waals surface area contributed by atoms with E-state index in [0.717, 1.165) is 7.11 Å². The third kappa shape index (κ3) is 4.88. The van der Waals surface area contributed by atoms with Crippen LogP contribution in [0.4, 0.5) is 0 Å². The van der Waals surface area contributed by atoms with Crippen molar-refractivity contribution in [3.05, 3.63) is 0 Å². The third-order valence-electron chi connectivity index (χ3n) is 5.10. The van der Waals surface area contributed by atoms with Crippen molar-refractivity contribution in [3.63, 3.8) is 0 Å². The van der Waals surface area contributed by atoms with Crippen LogP contribution in [-0.4, -0.2) is 98.2 Å². The molecule has 2 aliphatic rings. The first-order valence-electron chi connectivity index (χ1n) is 9.23. The number of carbonyl (C=O) groups excluding carboxylic acids is 2. The maximum absolute atomic E-state index is 12.5. The fourth-order valence-electron chi connectivity index (χ4n) is 3.82. The third-order valence-corrected chi connectivity index (χ3v) is 5.10. The second-order valence-electron chi connectivity index (χ2n) is 7.78. The van der Waals surface area contributed by atoms with Crippen molar-refractivity contribution in [3.8, 4) is 0 Å². The summed E-state index contributed by atoms with van der Waals surface area (Å²) >= 11 is 0. The average Bonchev–Trinajstić information content (AvgIpc) is 3.01. The number of rotatable bonds is 7. The summed E-state index contributed by atoms with van der Waals surface area (Å²) in [4.78, 5) is 24.3. The minimum Gasteiger partial charge on any atom is -0.465 e. The van der Waals surface area contributed by atoms with E-state index in [-0.39, 0.29) is 13.2 Å². The van der Waals surface area contributed by atoms with Crippen molar-refractivity contribution in [1.82, 2.24) is 5.32 Å². The smallest absolute Gasteiger partial charge is 0.366 e. The molecule has 2 fully saturated rings. The molecule has 168 valence electrons. The summed E-state index contributed by atoms with van der Waals surface area (Å²) in [5, 5.41) is 25.0. The monoisotopic (exact) mass is 421 g/mol. The van der Waals surface area contributed by atoms with Crippen molar-refractivity contribution in [2.45, 2.75) is 68.7 Å². The van der Waals surface area contributed by atoms with Crippen molar-refractivity contribution in [2.24, 2.45) is 0 Å². The van der Waals surface area contributed by atoms with E-state index in [1.54, 1.807) is 13.8 Å². The van der Waals surface area contributed by atoms with Crippen molar-refractivity contribution < 1.29 is 48.2 Å². The maximum atomic E-state index is 12.5. The minimum absolute atomic E-state index is 0.0434. The van der Waals surface area contributed by atoms with Gasteiger partial charge < -0.3 is 44.0 Å². The lowest BCUT2D eigenvalue weighted by molar-refractivity contribution is -0.325. The molecule has 0 bridgehead atoms. The minimum atomic E-state index is -2.03. The molecule has 0 aromatic carbocycles. The summed E-state index contributed by atoms with van der Waals surface area (Å²) in [5.74, 6) is -4.35. The van der Waals surface area contributed by atoms with E-state index < -0.39 is 59.8 Å². The number of ether oxygens (including phenoxy) is 6. The first-order chi connectivity index (χ1) is 13.4. The molecule has 2 heterocycles. The molecule has 11 nitrogen and oxygen atoms in total. The van der Waals surface area contributed by atoms with Crippen molar-refractivity contribution in [2.75, 3.05) is 34.5 Å². The fourth-order valence-corrected chi connectivity index (χ4v) is 3.82. The highest BCUT2D eigenvalue weighted by Gasteiger charge is 2.62. The van der Waals surface area contributed by atoms with Crippen molar-refractivity contribution >= 4 is 11.9 Å². The van der Waals surface area contributed by atoms with Gasteiger partial charge in [-0.15, -0.1) is 0 Å². The zero-order chi connectivity index (χ0) is 22.0. The molecular formula is C18H31NO10. The molecule has 0 aliphatic carbocycles.